The van der Waals surface area contributed by atoms with E-state index in [1.165, 1.54) is 24.3 Å². The number of nitrogens with two attached hydrogens (primary N) is 2. The molecule has 6 amide bonds. The third-order valence-corrected chi connectivity index (χ3v) is 8.74. The van der Waals surface area contributed by atoms with Crippen molar-refractivity contribution in [2.24, 2.45) is 17.4 Å². The lowest BCUT2D eigenvalue weighted by Gasteiger charge is -2.31. The van der Waals surface area contributed by atoms with Crippen molar-refractivity contribution in [3.05, 3.63) is 65.7 Å². The number of benzene rings is 2. The van der Waals surface area contributed by atoms with Gasteiger partial charge < -0.3 is 53.0 Å². The lowest BCUT2D eigenvalue weighted by molar-refractivity contribution is -0.145. The van der Waals surface area contributed by atoms with Crippen LogP contribution in [0, 0.1) is 5.92 Å². The van der Waals surface area contributed by atoms with Gasteiger partial charge in [-0.2, -0.15) is 0 Å². The van der Waals surface area contributed by atoms with Crippen molar-refractivity contribution < 1.29 is 53.7 Å². The van der Waals surface area contributed by atoms with Crippen molar-refractivity contribution in [3.63, 3.8) is 0 Å². The molecule has 18 nitrogen and oxygen atoms in total. The number of hydrogen-bond donors (Lipinski definition) is 9. The molecule has 0 unspecified atom stereocenters. The fourth-order valence-corrected chi connectivity index (χ4v) is 5.91. The molecule has 1 saturated heterocycles. The van der Waals surface area contributed by atoms with E-state index >= 15 is 0 Å². The van der Waals surface area contributed by atoms with E-state index in [2.05, 4.69) is 21.3 Å². The molecule has 0 bridgehead atoms. The second-order valence-corrected chi connectivity index (χ2v) is 13.4. The van der Waals surface area contributed by atoms with Crippen LogP contribution >= 0.6 is 0 Å². The van der Waals surface area contributed by atoms with E-state index < -0.39 is 102 Å². The largest absolute Gasteiger partial charge is 0.508 e. The van der Waals surface area contributed by atoms with E-state index in [1.54, 1.807) is 44.2 Å². The fraction of sp³-hybridized carbons (Fsp3) is 0.444. The number of nitrogens with one attached hydrogen (secondary N) is 4. The first-order valence-electron chi connectivity index (χ1n) is 17.3. The van der Waals surface area contributed by atoms with Crippen LogP contribution in [0.4, 0.5) is 0 Å². The zero-order chi connectivity index (χ0) is 40.1. The van der Waals surface area contributed by atoms with E-state index in [9.17, 15) is 53.7 Å². The molecule has 1 aliphatic heterocycles. The molecule has 292 valence electrons. The topological polar surface area (TPSA) is 301 Å². The summed E-state index contributed by atoms with van der Waals surface area (Å²) in [6.07, 6.45) is -1.20. The first kappa shape index (κ1) is 42.4. The highest BCUT2D eigenvalue weighted by molar-refractivity contribution is 5.99. The number of likely N-dealkylation sites (tertiary alicyclic amines) is 1. The van der Waals surface area contributed by atoms with Gasteiger partial charge in [0.2, 0.25) is 35.4 Å². The molecule has 1 heterocycles. The SMILES string of the molecule is CC(C)[C@H](NC(=O)[C@@H]1CCCN1C(=O)[C@H](CC(N)=O)NC(=O)[C@H](CC(=O)O)NC(=O)[C@@H](N)Cc1ccccc1)C(=O)N[C@@H](Cc1ccc(O)cc1)C(=O)O. The number of carbonyl (C=O) groups is 8. The number of nitrogens with zero attached hydrogens (tertiary/aromatic N) is 1. The Balaban J connectivity index is 1.73. The molecule has 0 aliphatic carbocycles. The van der Waals surface area contributed by atoms with Crippen LogP contribution in [0.2, 0.25) is 0 Å². The number of primary amides is 1. The van der Waals surface area contributed by atoms with Gasteiger partial charge in [0, 0.05) is 13.0 Å². The summed E-state index contributed by atoms with van der Waals surface area (Å²) in [5, 5.41) is 38.4. The fourth-order valence-electron chi connectivity index (χ4n) is 5.91. The molecule has 0 spiro atoms. The highest BCUT2D eigenvalue weighted by atomic mass is 16.4. The molecule has 1 fully saturated rings. The van der Waals surface area contributed by atoms with Crippen LogP contribution in [0.15, 0.2) is 54.6 Å². The maximum absolute atomic E-state index is 13.8. The van der Waals surface area contributed by atoms with Crippen molar-refractivity contribution in [2.75, 3.05) is 6.54 Å². The van der Waals surface area contributed by atoms with Gasteiger partial charge in [-0.3, -0.25) is 33.6 Å². The molecule has 54 heavy (non-hydrogen) atoms. The molecule has 0 radical (unpaired) electrons. The number of phenols is 1. The highest BCUT2D eigenvalue weighted by Gasteiger charge is 2.41. The lowest BCUT2D eigenvalue weighted by atomic mass is 10.0. The van der Waals surface area contributed by atoms with Crippen LogP contribution in [-0.2, 0) is 51.2 Å². The van der Waals surface area contributed by atoms with E-state index in [-0.39, 0.29) is 31.6 Å². The van der Waals surface area contributed by atoms with E-state index in [4.69, 9.17) is 11.5 Å². The van der Waals surface area contributed by atoms with Gasteiger partial charge in [0.25, 0.3) is 0 Å². The van der Waals surface area contributed by atoms with Gasteiger partial charge in [-0.25, -0.2) is 4.79 Å². The molecular weight excluding hydrogens is 706 g/mol. The minimum absolute atomic E-state index is 0.0118. The van der Waals surface area contributed by atoms with Crippen LogP contribution in [-0.4, -0.2) is 110 Å². The normalized spacial score (nSPS) is 16.6. The summed E-state index contributed by atoms with van der Waals surface area (Å²) >= 11 is 0. The standard InChI is InChI=1S/C36H47N7O11/c1-19(2)30(34(51)41-26(36(53)54)16-21-10-12-22(44)13-11-21)42-33(50)27-9-6-14-43(27)35(52)25(17-28(38)45)40-32(49)24(18-29(46)47)39-31(48)23(37)15-20-7-4-3-5-8-20/h3-5,7-8,10-13,19,23-27,30,44H,6,9,14-18,37H2,1-2H3,(H2,38,45)(H,39,48)(H,40,49)(H,41,51)(H,42,50)(H,46,47)(H,53,54)/t23-,24-,25-,26-,27-,30-/m0/s1. The second kappa shape index (κ2) is 19.7. The summed E-state index contributed by atoms with van der Waals surface area (Å²) in [5.74, 6) is -8.76. The second-order valence-electron chi connectivity index (χ2n) is 13.4. The Morgan fingerprint density at radius 3 is 1.93 bits per heavy atom. The predicted octanol–water partition coefficient (Wildman–Crippen LogP) is -1.47. The summed E-state index contributed by atoms with van der Waals surface area (Å²) in [6.45, 7) is 3.26. The number of aromatic hydroxyl groups is 1. The Morgan fingerprint density at radius 2 is 1.35 bits per heavy atom. The monoisotopic (exact) mass is 753 g/mol. The number of carboxylic acids is 2. The molecular formula is C36H47N7O11. The van der Waals surface area contributed by atoms with Crippen LogP contribution in [0.25, 0.3) is 0 Å². The molecule has 3 rings (SSSR count). The highest BCUT2D eigenvalue weighted by Crippen LogP contribution is 2.21. The first-order chi connectivity index (χ1) is 25.5. The quantitative estimate of drug-likeness (QED) is 0.0794. The van der Waals surface area contributed by atoms with Gasteiger partial charge in [-0.15, -0.1) is 0 Å². The average Bonchev–Trinajstić information content (AvgIpc) is 3.60. The van der Waals surface area contributed by atoms with Crippen molar-refractivity contribution in [1.29, 1.82) is 0 Å². The number of carboxylic acid groups (broad SMARTS) is 2. The van der Waals surface area contributed by atoms with Crippen LogP contribution in [0.1, 0.15) is 50.7 Å². The molecule has 2 aromatic rings. The van der Waals surface area contributed by atoms with Crippen LogP contribution in [0.3, 0.4) is 0 Å². The third kappa shape index (κ3) is 12.6. The number of carbonyl (C=O) groups excluding carboxylic acids is 6. The molecule has 0 aromatic heterocycles. The summed E-state index contributed by atoms with van der Waals surface area (Å²) in [4.78, 5) is 104. The van der Waals surface area contributed by atoms with Gasteiger partial charge >= 0.3 is 11.9 Å². The van der Waals surface area contributed by atoms with Crippen molar-refractivity contribution in [1.82, 2.24) is 26.2 Å². The van der Waals surface area contributed by atoms with Crippen molar-refractivity contribution in [3.8, 4) is 5.75 Å². The van der Waals surface area contributed by atoms with Gasteiger partial charge in [0.15, 0.2) is 0 Å². The summed E-state index contributed by atoms with van der Waals surface area (Å²) in [5.41, 5.74) is 12.6. The molecule has 6 atom stereocenters. The van der Waals surface area contributed by atoms with Crippen molar-refractivity contribution in [2.45, 2.75) is 88.6 Å². The van der Waals surface area contributed by atoms with Crippen LogP contribution < -0.4 is 32.7 Å². The maximum atomic E-state index is 13.8. The zero-order valence-corrected chi connectivity index (χ0v) is 29.9. The minimum Gasteiger partial charge on any atom is -0.508 e. The predicted molar refractivity (Wildman–Crippen MR) is 191 cm³/mol. The van der Waals surface area contributed by atoms with Crippen LogP contribution in [0.5, 0.6) is 5.75 Å². The minimum atomic E-state index is -1.70. The van der Waals surface area contributed by atoms with E-state index in [0.29, 0.717) is 17.5 Å². The zero-order valence-electron chi connectivity index (χ0n) is 29.9. The summed E-state index contributed by atoms with van der Waals surface area (Å²) in [7, 11) is 0. The number of phenolic OH excluding ortho intramolecular Hbond substituents is 1. The molecule has 1 aliphatic rings. The molecule has 11 N–H and O–H groups in total. The number of rotatable bonds is 19. The summed E-state index contributed by atoms with van der Waals surface area (Å²) < 4.78 is 0. The number of aliphatic carboxylic acids is 2. The Labute approximate surface area is 311 Å². The number of hydrogen-bond acceptors (Lipinski definition) is 10. The van der Waals surface area contributed by atoms with E-state index in [0.717, 1.165) is 4.90 Å². The Hall–Kier alpha value is -6.04. The first-order valence-corrected chi connectivity index (χ1v) is 17.3. The Bertz CT molecular complexity index is 1690. The molecule has 18 heteroatoms. The number of amides is 6. The Kier molecular flexibility index (Phi) is 15.5. The van der Waals surface area contributed by atoms with Gasteiger partial charge in [-0.05, 0) is 48.4 Å². The summed E-state index contributed by atoms with van der Waals surface area (Å²) in [6, 6.07) is 6.17. The molecule has 2 aromatic carbocycles. The molecule has 0 saturated carbocycles. The van der Waals surface area contributed by atoms with E-state index in [1.807, 2.05) is 0 Å². The third-order valence-electron chi connectivity index (χ3n) is 8.74. The average molecular weight is 754 g/mol. The Morgan fingerprint density at radius 1 is 0.759 bits per heavy atom. The smallest absolute Gasteiger partial charge is 0.326 e. The lowest BCUT2D eigenvalue weighted by Crippen LogP contribution is -2.60. The van der Waals surface area contributed by atoms with Gasteiger partial charge in [0.05, 0.1) is 18.9 Å². The maximum Gasteiger partial charge on any atom is 0.326 e. The van der Waals surface area contributed by atoms with Gasteiger partial charge in [-0.1, -0.05) is 56.3 Å². The van der Waals surface area contributed by atoms with Gasteiger partial charge in [0.1, 0.15) is 36.0 Å². The van der Waals surface area contributed by atoms with Crippen molar-refractivity contribution >= 4 is 47.4 Å².